The van der Waals surface area contributed by atoms with Crippen LogP contribution in [-0.4, -0.2) is 0 Å². The number of halogens is 1. The topological polar surface area (TPSA) is 3.88 Å². The van der Waals surface area contributed by atoms with Crippen molar-refractivity contribution >= 4 is 21.5 Å². The largest absolute Gasteiger partial charge is 0.212 e. The van der Waals surface area contributed by atoms with Gasteiger partial charge in [-0.3, -0.25) is 0 Å². The number of rotatable bonds is 5. The summed E-state index contributed by atoms with van der Waals surface area (Å²) >= 11 is 0. The highest BCUT2D eigenvalue weighted by molar-refractivity contribution is 6.14. The number of nitrogens with zero attached hydrogens (tertiary/aromatic N) is 1. The lowest BCUT2D eigenvalue weighted by Gasteiger charge is -2.21. The fourth-order valence-electron chi connectivity index (χ4n) is 6.32. The smallest absolute Gasteiger partial charge is 0.206 e. The molecule has 192 valence electrons. The maximum atomic E-state index is 16.0. The molecule has 0 aliphatic rings. The van der Waals surface area contributed by atoms with E-state index in [0.717, 1.165) is 45.7 Å². The van der Waals surface area contributed by atoms with Crippen LogP contribution in [0.1, 0.15) is 30.5 Å². The Balaban J connectivity index is 1.67. The van der Waals surface area contributed by atoms with Crippen LogP contribution in [0, 0.1) is 12.7 Å². The van der Waals surface area contributed by atoms with Crippen LogP contribution in [-0.2, 0) is 19.9 Å². The SMILES string of the molecule is CCc1c(-c2ccc(F)c(-c3cc4ccccc4c4ccccc34)c2CC)ccc(C)c1-c1cccc[n+]1C. The molecule has 0 aliphatic heterocycles. The summed E-state index contributed by atoms with van der Waals surface area (Å²) in [5.74, 6) is -0.170. The first-order valence-electron chi connectivity index (χ1n) is 13.8. The molecule has 0 aliphatic carbocycles. The van der Waals surface area contributed by atoms with Crippen LogP contribution in [0.4, 0.5) is 4.39 Å². The van der Waals surface area contributed by atoms with Crippen LogP contribution in [0.3, 0.4) is 0 Å². The Kier molecular flexibility index (Phi) is 6.48. The summed E-state index contributed by atoms with van der Waals surface area (Å²) in [5, 5.41) is 4.56. The monoisotopic (exact) mass is 510 g/mol. The van der Waals surface area contributed by atoms with Gasteiger partial charge in [0.2, 0.25) is 5.69 Å². The van der Waals surface area contributed by atoms with Crippen molar-refractivity contribution in [2.24, 2.45) is 7.05 Å². The molecule has 0 N–H and O–H groups in total. The fourth-order valence-corrected chi connectivity index (χ4v) is 6.32. The minimum absolute atomic E-state index is 0.170. The van der Waals surface area contributed by atoms with Crippen molar-refractivity contribution in [3.05, 3.63) is 126 Å². The molecular weight excluding hydrogens is 477 g/mol. The molecule has 1 heterocycles. The highest BCUT2D eigenvalue weighted by Gasteiger charge is 2.23. The molecule has 0 amide bonds. The van der Waals surface area contributed by atoms with Gasteiger partial charge in [-0.15, -0.1) is 0 Å². The molecule has 1 aromatic heterocycles. The molecule has 0 spiro atoms. The molecule has 0 atom stereocenters. The van der Waals surface area contributed by atoms with Crippen LogP contribution in [0.25, 0.3) is 55.1 Å². The molecule has 5 aromatic carbocycles. The van der Waals surface area contributed by atoms with Gasteiger partial charge in [-0.1, -0.05) is 80.6 Å². The second kappa shape index (κ2) is 10.1. The van der Waals surface area contributed by atoms with Gasteiger partial charge < -0.3 is 0 Å². The molecule has 0 unspecified atom stereocenters. The molecule has 0 bridgehead atoms. The maximum absolute atomic E-state index is 16.0. The number of pyridine rings is 1. The third-order valence-electron chi connectivity index (χ3n) is 8.13. The van der Waals surface area contributed by atoms with Crippen molar-refractivity contribution in [1.29, 1.82) is 0 Å². The maximum Gasteiger partial charge on any atom is 0.212 e. The molecule has 0 saturated carbocycles. The predicted octanol–water partition coefficient (Wildman–Crippen LogP) is 9.39. The van der Waals surface area contributed by atoms with E-state index in [1.54, 1.807) is 6.07 Å². The minimum atomic E-state index is -0.170. The van der Waals surface area contributed by atoms with E-state index in [1.807, 2.05) is 6.07 Å². The zero-order valence-corrected chi connectivity index (χ0v) is 23.1. The van der Waals surface area contributed by atoms with Gasteiger partial charge in [0.15, 0.2) is 6.20 Å². The normalized spacial score (nSPS) is 11.4. The Hall–Kier alpha value is -4.30. The summed E-state index contributed by atoms with van der Waals surface area (Å²) in [5.41, 5.74) is 10.0. The Labute approximate surface area is 230 Å². The van der Waals surface area contributed by atoms with Crippen LogP contribution < -0.4 is 4.57 Å². The summed E-state index contributed by atoms with van der Waals surface area (Å²) < 4.78 is 18.2. The van der Waals surface area contributed by atoms with Crippen molar-refractivity contribution in [2.75, 3.05) is 0 Å². The first kappa shape index (κ1) is 25.0. The van der Waals surface area contributed by atoms with E-state index in [2.05, 4.69) is 124 Å². The molecule has 6 aromatic rings. The molecule has 0 radical (unpaired) electrons. The quantitative estimate of drug-likeness (QED) is 0.161. The summed E-state index contributed by atoms with van der Waals surface area (Å²) in [6.07, 6.45) is 3.71. The second-order valence-corrected chi connectivity index (χ2v) is 10.3. The van der Waals surface area contributed by atoms with Crippen molar-refractivity contribution in [3.8, 4) is 33.5 Å². The van der Waals surface area contributed by atoms with Gasteiger partial charge >= 0.3 is 0 Å². The summed E-state index contributed by atoms with van der Waals surface area (Å²) in [7, 11) is 2.10. The van der Waals surface area contributed by atoms with Crippen molar-refractivity contribution in [2.45, 2.75) is 33.6 Å². The lowest BCUT2D eigenvalue weighted by Crippen LogP contribution is -2.30. The standard InChI is InChI=1S/C37H33FN/c1-5-26-31(19-18-24(3)36(26)35-17-11-12-22-39(35)4)32-20-21-34(38)37(27(32)6-2)33-23-25-13-7-8-14-28(25)29-15-9-10-16-30(29)33/h7-23H,5-6H2,1-4H3/q+1. The Bertz CT molecular complexity index is 1860. The average molecular weight is 511 g/mol. The first-order valence-corrected chi connectivity index (χ1v) is 13.8. The fraction of sp³-hybridized carbons (Fsp3) is 0.162. The molecule has 39 heavy (non-hydrogen) atoms. The summed E-state index contributed by atoms with van der Waals surface area (Å²) in [6, 6.07) is 33.4. The van der Waals surface area contributed by atoms with E-state index in [0.29, 0.717) is 5.56 Å². The number of fused-ring (bicyclic) bond motifs is 3. The lowest BCUT2D eigenvalue weighted by atomic mass is 9.83. The zero-order chi connectivity index (χ0) is 27.1. The highest BCUT2D eigenvalue weighted by atomic mass is 19.1. The van der Waals surface area contributed by atoms with E-state index < -0.39 is 0 Å². The van der Waals surface area contributed by atoms with E-state index in [9.17, 15) is 0 Å². The van der Waals surface area contributed by atoms with Crippen LogP contribution in [0.15, 0.2) is 103 Å². The highest BCUT2D eigenvalue weighted by Crippen LogP contribution is 2.43. The number of aryl methyl sites for hydroxylation is 2. The molecule has 0 saturated heterocycles. The van der Waals surface area contributed by atoms with E-state index >= 15 is 4.39 Å². The van der Waals surface area contributed by atoms with Crippen LogP contribution in [0.5, 0.6) is 0 Å². The first-order chi connectivity index (χ1) is 19.0. The number of hydrogen-bond acceptors (Lipinski definition) is 0. The number of benzene rings is 5. The van der Waals surface area contributed by atoms with E-state index in [-0.39, 0.29) is 5.82 Å². The minimum Gasteiger partial charge on any atom is -0.206 e. The molecule has 2 heteroatoms. The van der Waals surface area contributed by atoms with Gasteiger partial charge in [0.25, 0.3) is 0 Å². The molecular formula is C37H33FN+. The zero-order valence-electron chi connectivity index (χ0n) is 23.1. The van der Waals surface area contributed by atoms with Crippen LogP contribution >= 0.6 is 0 Å². The number of hydrogen-bond donors (Lipinski definition) is 0. The van der Waals surface area contributed by atoms with E-state index in [1.165, 1.54) is 33.3 Å². The van der Waals surface area contributed by atoms with Gasteiger partial charge in [-0.05, 0) is 92.9 Å². The average Bonchev–Trinajstić information content (AvgIpc) is 2.97. The predicted molar refractivity (Wildman–Crippen MR) is 162 cm³/mol. The van der Waals surface area contributed by atoms with Crippen molar-refractivity contribution < 1.29 is 8.96 Å². The van der Waals surface area contributed by atoms with Gasteiger partial charge in [-0.25, -0.2) is 8.96 Å². The third-order valence-corrected chi connectivity index (χ3v) is 8.13. The van der Waals surface area contributed by atoms with Crippen molar-refractivity contribution in [1.82, 2.24) is 0 Å². The van der Waals surface area contributed by atoms with Gasteiger partial charge in [0, 0.05) is 17.7 Å². The Morgan fingerprint density at radius 3 is 1.95 bits per heavy atom. The van der Waals surface area contributed by atoms with E-state index in [4.69, 9.17) is 0 Å². The summed E-state index contributed by atoms with van der Waals surface area (Å²) in [6.45, 7) is 6.55. The summed E-state index contributed by atoms with van der Waals surface area (Å²) in [4.78, 5) is 0. The third kappa shape index (κ3) is 4.12. The molecule has 6 rings (SSSR count). The Morgan fingerprint density at radius 1 is 0.615 bits per heavy atom. The van der Waals surface area contributed by atoms with Crippen LogP contribution in [0.2, 0.25) is 0 Å². The molecule has 0 fully saturated rings. The Morgan fingerprint density at radius 2 is 1.23 bits per heavy atom. The van der Waals surface area contributed by atoms with Crippen molar-refractivity contribution in [3.63, 3.8) is 0 Å². The van der Waals surface area contributed by atoms with Gasteiger partial charge in [0.05, 0.1) is 5.56 Å². The van der Waals surface area contributed by atoms with Gasteiger partial charge in [0.1, 0.15) is 12.9 Å². The van der Waals surface area contributed by atoms with Gasteiger partial charge in [-0.2, -0.15) is 0 Å². The second-order valence-electron chi connectivity index (χ2n) is 10.3. The molecule has 1 nitrogen and oxygen atoms in total. The number of aromatic nitrogens is 1. The lowest BCUT2D eigenvalue weighted by molar-refractivity contribution is -0.660.